The minimum Gasteiger partial charge on any atom is -0.372 e. The Kier molecular flexibility index (Phi) is 7.80. The maximum Gasteiger partial charge on any atom is 0.355 e. The van der Waals surface area contributed by atoms with Crippen LogP contribution in [0.15, 0.2) is 59.9 Å². The summed E-state index contributed by atoms with van der Waals surface area (Å²) in [5, 5.41) is 0.321. The van der Waals surface area contributed by atoms with Gasteiger partial charge in [-0.15, -0.1) is 0 Å². The average Bonchev–Trinajstić information content (AvgIpc) is 3.02. The fraction of sp³-hybridized carbons (Fsp3) is 0.353. The summed E-state index contributed by atoms with van der Waals surface area (Å²) in [6, 6.07) is 11.6. The van der Waals surface area contributed by atoms with Gasteiger partial charge < -0.3 is 19.6 Å². The van der Waals surface area contributed by atoms with Gasteiger partial charge in [0, 0.05) is 58.5 Å². The number of aromatic nitrogens is 3. The molecular formula is C34H37F2N7O2. The van der Waals surface area contributed by atoms with E-state index in [1.54, 1.807) is 17.0 Å². The van der Waals surface area contributed by atoms with Crippen molar-refractivity contribution in [2.24, 2.45) is 0 Å². The molecule has 45 heavy (non-hydrogen) atoms. The lowest BCUT2D eigenvalue weighted by Crippen LogP contribution is -2.54. The molecule has 11 heteroatoms. The third-order valence-electron chi connectivity index (χ3n) is 8.90. The van der Waals surface area contributed by atoms with Crippen LogP contribution in [0.25, 0.3) is 28.0 Å². The summed E-state index contributed by atoms with van der Waals surface area (Å²) in [6.45, 7) is 11.8. The van der Waals surface area contributed by atoms with Crippen molar-refractivity contribution in [3.05, 3.63) is 82.8 Å². The molecule has 0 spiro atoms. The first-order valence-electron chi connectivity index (χ1n) is 15.2. The first kappa shape index (κ1) is 30.2. The third kappa shape index (κ3) is 5.09. The third-order valence-corrected chi connectivity index (χ3v) is 8.90. The molecule has 2 aromatic heterocycles. The number of amides is 1. The van der Waals surface area contributed by atoms with Crippen molar-refractivity contribution in [1.29, 1.82) is 0 Å². The number of fused-ring (bicyclic) bond motifs is 5. The van der Waals surface area contributed by atoms with Crippen LogP contribution in [0, 0.1) is 11.6 Å². The minimum atomic E-state index is -0.727. The van der Waals surface area contributed by atoms with E-state index in [4.69, 9.17) is 4.98 Å². The topological polar surface area (TPSA) is 77.8 Å². The van der Waals surface area contributed by atoms with Gasteiger partial charge in [-0.3, -0.25) is 4.79 Å². The second-order valence-corrected chi connectivity index (χ2v) is 12.1. The number of hydrogen-bond acceptors (Lipinski definition) is 7. The number of rotatable bonds is 3. The maximum atomic E-state index is 16.3. The van der Waals surface area contributed by atoms with Gasteiger partial charge in [-0.2, -0.15) is 4.98 Å². The molecule has 2 aliphatic rings. The van der Waals surface area contributed by atoms with Crippen molar-refractivity contribution in [1.82, 2.24) is 19.4 Å². The molecule has 0 aliphatic carbocycles. The largest absolute Gasteiger partial charge is 0.372 e. The highest BCUT2D eigenvalue weighted by Crippen LogP contribution is 2.39. The van der Waals surface area contributed by atoms with E-state index in [0.717, 1.165) is 11.3 Å². The van der Waals surface area contributed by atoms with Crippen LogP contribution in [0.4, 0.5) is 26.0 Å². The summed E-state index contributed by atoms with van der Waals surface area (Å²) >= 11 is 0. The molecule has 1 fully saturated rings. The van der Waals surface area contributed by atoms with Gasteiger partial charge in [-0.05, 0) is 48.7 Å². The number of para-hydroxylation sites is 1. The first-order valence-corrected chi connectivity index (χ1v) is 15.2. The number of hydrogen-bond donors (Lipinski definition) is 0. The monoisotopic (exact) mass is 613 g/mol. The van der Waals surface area contributed by atoms with E-state index in [0.29, 0.717) is 49.5 Å². The van der Waals surface area contributed by atoms with E-state index in [2.05, 4.69) is 16.5 Å². The molecule has 0 unspecified atom stereocenters. The number of pyridine rings is 1. The van der Waals surface area contributed by atoms with Crippen LogP contribution in [0.5, 0.6) is 0 Å². The molecule has 6 rings (SSSR count). The maximum absolute atomic E-state index is 16.3. The molecule has 0 radical (unpaired) electrons. The molecule has 1 saturated heterocycles. The fourth-order valence-electron chi connectivity index (χ4n) is 6.48. The van der Waals surface area contributed by atoms with Crippen LogP contribution < -0.4 is 20.4 Å². The van der Waals surface area contributed by atoms with Gasteiger partial charge in [-0.1, -0.05) is 38.6 Å². The van der Waals surface area contributed by atoms with Crippen molar-refractivity contribution in [3.8, 4) is 16.9 Å². The lowest BCUT2D eigenvalue weighted by Gasteiger charge is -2.40. The Morgan fingerprint density at radius 1 is 0.978 bits per heavy atom. The van der Waals surface area contributed by atoms with Gasteiger partial charge in [-0.25, -0.2) is 23.1 Å². The highest BCUT2D eigenvalue weighted by Gasteiger charge is 2.32. The first-order chi connectivity index (χ1) is 21.5. The van der Waals surface area contributed by atoms with Crippen molar-refractivity contribution < 1.29 is 13.6 Å². The van der Waals surface area contributed by atoms with Crippen LogP contribution in [0.2, 0.25) is 0 Å². The van der Waals surface area contributed by atoms with E-state index in [1.807, 2.05) is 62.9 Å². The standard InChI is InChI=1S/C34H37F2N7O2/c1-7-28(44)41-16-17-42(21(4)19-41)32-23-18-25(36)30-29-24(35)11-9-12-26(29)39(5)14-15-40(6)27-13-8-10-22(20(2)3)31(27)43(33(23)37-30)34(45)38-32/h7-13,18,20-21H,1,14-17,19H2,2-6H3/t21-/m0/s1. The summed E-state index contributed by atoms with van der Waals surface area (Å²) < 4.78 is 33.4. The number of nitrogens with zero attached hydrogens (tertiary/aromatic N) is 7. The Morgan fingerprint density at radius 3 is 2.36 bits per heavy atom. The fourth-order valence-corrected chi connectivity index (χ4v) is 6.48. The minimum absolute atomic E-state index is 0.0270. The summed E-state index contributed by atoms with van der Waals surface area (Å²) in [5.41, 5.74) is 2.24. The zero-order valence-electron chi connectivity index (χ0n) is 26.2. The highest BCUT2D eigenvalue weighted by atomic mass is 19.1. The number of carbonyl (C=O) groups excluding carboxylic acids is 1. The molecule has 0 N–H and O–H groups in total. The lowest BCUT2D eigenvalue weighted by molar-refractivity contribution is -0.126. The van der Waals surface area contributed by atoms with E-state index >= 15 is 8.78 Å². The van der Waals surface area contributed by atoms with Gasteiger partial charge in [0.05, 0.1) is 22.3 Å². The summed E-state index contributed by atoms with van der Waals surface area (Å²) in [7, 11) is 3.80. The van der Waals surface area contributed by atoms with E-state index < -0.39 is 17.3 Å². The van der Waals surface area contributed by atoms with Gasteiger partial charge in [0.2, 0.25) is 5.91 Å². The highest BCUT2D eigenvalue weighted by molar-refractivity contribution is 5.93. The van der Waals surface area contributed by atoms with Gasteiger partial charge in [0.1, 0.15) is 17.3 Å². The van der Waals surface area contributed by atoms with Crippen LogP contribution in [0.3, 0.4) is 0 Å². The van der Waals surface area contributed by atoms with Gasteiger partial charge in [0.25, 0.3) is 0 Å². The van der Waals surface area contributed by atoms with Crippen molar-refractivity contribution in [3.63, 3.8) is 0 Å². The number of benzene rings is 2. The van der Waals surface area contributed by atoms with Crippen molar-refractivity contribution in [2.45, 2.75) is 32.7 Å². The van der Waals surface area contributed by atoms with Gasteiger partial charge >= 0.3 is 5.69 Å². The zero-order chi connectivity index (χ0) is 32.2. The Balaban J connectivity index is 1.72. The quantitative estimate of drug-likeness (QED) is 0.303. The van der Waals surface area contributed by atoms with Crippen LogP contribution in [-0.2, 0) is 4.79 Å². The van der Waals surface area contributed by atoms with Crippen molar-refractivity contribution >= 4 is 34.1 Å². The number of carbonyl (C=O) groups is 1. The molecular weight excluding hydrogens is 576 g/mol. The Hall–Kier alpha value is -4.80. The Labute approximate surface area is 261 Å². The second kappa shape index (κ2) is 11.6. The molecule has 0 saturated carbocycles. The normalized spacial score (nSPS) is 16.8. The Bertz CT molecular complexity index is 1890. The zero-order valence-corrected chi connectivity index (χ0v) is 26.2. The summed E-state index contributed by atoms with van der Waals surface area (Å²) in [4.78, 5) is 43.6. The molecule has 4 aromatic rings. The molecule has 1 atom stereocenters. The van der Waals surface area contributed by atoms with Gasteiger partial charge in [0.15, 0.2) is 11.5 Å². The number of halogens is 2. The number of likely N-dealkylation sites (N-methyl/N-ethyl adjacent to an activating group) is 2. The molecule has 2 bridgehead atoms. The SMILES string of the molecule is C=CC(=O)N1CCN(c2nc(=O)n3c4nc(c(F)cc24)-c2c(F)cccc2N(C)CCN(C)c2cccc(C(C)C)c2-3)[C@@H](C)C1. The molecule has 2 aromatic carbocycles. The number of piperazine rings is 1. The van der Waals surface area contributed by atoms with Crippen LogP contribution >= 0.6 is 0 Å². The predicted molar refractivity (Wildman–Crippen MR) is 175 cm³/mol. The van der Waals surface area contributed by atoms with E-state index in [-0.39, 0.29) is 40.6 Å². The summed E-state index contributed by atoms with van der Waals surface area (Å²) in [5.74, 6) is -1.22. The smallest absolute Gasteiger partial charge is 0.355 e. The average molecular weight is 614 g/mol. The Morgan fingerprint density at radius 2 is 1.67 bits per heavy atom. The molecule has 2 aliphatic heterocycles. The summed E-state index contributed by atoms with van der Waals surface area (Å²) in [6.07, 6.45) is 1.28. The molecule has 1 amide bonds. The molecule has 9 nitrogen and oxygen atoms in total. The number of anilines is 3. The van der Waals surface area contributed by atoms with Crippen LogP contribution in [-0.4, -0.2) is 78.2 Å². The van der Waals surface area contributed by atoms with E-state index in [9.17, 15) is 9.59 Å². The van der Waals surface area contributed by atoms with Crippen LogP contribution in [0.1, 0.15) is 32.3 Å². The van der Waals surface area contributed by atoms with E-state index in [1.165, 1.54) is 22.8 Å². The second-order valence-electron chi connectivity index (χ2n) is 12.1. The molecule has 4 heterocycles. The molecule has 234 valence electrons. The predicted octanol–water partition coefficient (Wildman–Crippen LogP) is 4.96. The van der Waals surface area contributed by atoms with Crippen molar-refractivity contribution in [2.75, 3.05) is 61.5 Å². The lowest BCUT2D eigenvalue weighted by atomic mass is 9.99.